The topological polar surface area (TPSA) is 95.9 Å². The molecule has 0 heterocycles. The highest BCUT2D eigenvalue weighted by Crippen LogP contribution is 2.17. The quantitative estimate of drug-likeness (QED) is 0.0321. The van der Waals surface area contributed by atoms with Gasteiger partial charge in [-0.1, -0.05) is 241 Å². The van der Waals surface area contributed by atoms with Crippen molar-refractivity contribution in [1.82, 2.24) is 5.32 Å². The van der Waals surface area contributed by atoms with Gasteiger partial charge in [0.1, 0.15) is 6.10 Å². The number of unbranched alkanes of at least 4 members (excludes halogenated alkanes) is 28. The number of amides is 1. The van der Waals surface area contributed by atoms with Crippen LogP contribution in [-0.4, -0.2) is 46.9 Å². The van der Waals surface area contributed by atoms with Gasteiger partial charge >= 0.3 is 5.97 Å². The third-order valence-electron chi connectivity index (χ3n) is 12.1. The molecule has 0 spiro atoms. The average Bonchev–Trinajstić information content (AvgIpc) is 3.29. The summed E-state index contributed by atoms with van der Waals surface area (Å²) in [5, 5.41) is 23.8. The molecule has 0 aliphatic carbocycles. The first-order valence-electron chi connectivity index (χ1n) is 27.2. The Balaban J connectivity index is 4.69. The lowest BCUT2D eigenvalue weighted by Crippen LogP contribution is -2.46. The van der Waals surface area contributed by atoms with E-state index in [1.807, 2.05) is 0 Å². The summed E-state index contributed by atoms with van der Waals surface area (Å²) in [6, 6.07) is -0.718. The van der Waals surface area contributed by atoms with Crippen molar-refractivity contribution in [1.29, 1.82) is 0 Å². The normalized spacial score (nSPS) is 13.8. The second-order valence-corrected chi connectivity index (χ2v) is 18.4. The van der Waals surface area contributed by atoms with Crippen molar-refractivity contribution in [3.05, 3.63) is 72.9 Å². The molecule has 0 radical (unpaired) electrons. The van der Waals surface area contributed by atoms with Gasteiger partial charge in [-0.25, -0.2) is 0 Å². The Morgan fingerprint density at radius 2 is 0.797 bits per heavy atom. The van der Waals surface area contributed by atoms with Crippen LogP contribution in [-0.2, 0) is 14.3 Å². The molecule has 370 valence electrons. The number of carbonyl (C=O) groups is 2. The number of allylic oxidation sites excluding steroid dienone is 12. The molecule has 1 amide bonds. The van der Waals surface area contributed by atoms with E-state index in [0.29, 0.717) is 19.3 Å². The Kier molecular flexibility index (Phi) is 49.1. The number of esters is 1. The number of hydrogen-bond donors (Lipinski definition) is 3. The van der Waals surface area contributed by atoms with E-state index in [2.05, 4.69) is 99.0 Å². The van der Waals surface area contributed by atoms with E-state index < -0.39 is 18.2 Å². The number of aliphatic hydroxyl groups is 2. The predicted molar refractivity (Wildman–Crippen MR) is 278 cm³/mol. The van der Waals surface area contributed by atoms with Crippen LogP contribution in [0.25, 0.3) is 0 Å². The van der Waals surface area contributed by atoms with Crippen molar-refractivity contribution >= 4 is 11.9 Å². The van der Waals surface area contributed by atoms with Gasteiger partial charge < -0.3 is 20.3 Å². The second-order valence-electron chi connectivity index (χ2n) is 18.4. The minimum absolute atomic E-state index is 0.0476. The molecule has 64 heavy (non-hydrogen) atoms. The summed E-state index contributed by atoms with van der Waals surface area (Å²) in [6.45, 7) is 6.43. The second kappa shape index (κ2) is 51.3. The molecule has 0 aliphatic rings. The van der Waals surface area contributed by atoms with Crippen LogP contribution in [0.1, 0.15) is 258 Å². The lowest BCUT2D eigenvalue weighted by Gasteiger charge is -2.24. The fourth-order valence-corrected chi connectivity index (χ4v) is 7.96. The van der Waals surface area contributed by atoms with Crippen molar-refractivity contribution in [2.24, 2.45) is 0 Å². The van der Waals surface area contributed by atoms with Gasteiger partial charge in [0.2, 0.25) is 5.91 Å². The van der Waals surface area contributed by atoms with E-state index in [1.54, 1.807) is 0 Å². The first-order valence-corrected chi connectivity index (χ1v) is 27.2. The zero-order valence-electron chi connectivity index (χ0n) is 42.1. The third kappa shape index (κ3) is 45.9. The lowest BCUT2D eigenvalue weighted by atomic mass is 10.0. The molecule has 0 saturated carbocycles. The van der Waals surface area contributed by atoms with Gasteiger partial charge in [0, 0.05) is 6.42 Å². The van der Waals surface area contributed by atoms with Crippen LogP contribution >= 0.6 is 0 Å². The summed E-state index contributed by atoms with van der Waals surface area (Å²) < 4.78 is 5.93. The molecule has 0 bridgehead atoms. The average molecular weight is 894 g/mol. The highest BCUT2D eigenvalue weighted by molar-refractivity contribution is 5.77. The van der Waals surface area contributed by atoms with Crippen LogP contribution in [0.5, 0.6) is 0 Å². The molecule has 0 saturated heterocycles. The molecule has 0 aromatic heterocycles. The smallest absolute Gasteiger partial charge is 0.306 e. The maximum Gasteiger partial charge on any atom is 0.306 e. The Bertz CT molecular complexity index is 1190. The van der Waals surface area contributed by atoms with Crippen LogP contribution in [0.4, 0.5) is 0 Å². The zero-order valence-corrected chi connectivity index (χ0v) is 42.1. The van der Waals surface area contributed by atoms with E-state index in [1.165, 1.54) is 116 Å². The minimum Gasteiger partial charge on any atom is -0.462 e. The van der Waals surface area contributed by atoms with Gasteiger partial charge in [-0.15, -0.1) is 0 Å². The molecule has 3 atom stereocenters. The predicted octanol–water partition coefficient (Wildman–Crippen LogP) is 16.6. The van der Waals surface area contributed by atoms with Gasteiger partial charge in [0.05, 0.1) is 25.2 Å². The van der Waals surface area contributed by atoms with Crippen molar-refractivity contribution in [3.8, 4) is 0 Å². The number of nitrogens with one attached hydrogen (secondary N) is 1. The summed E-state index contributed by atoms with van der Waals surface area (Å²) >= 11 is 0. The van der Waals surface area contributed by atoms with Crippen molar-refractivity contribution in [3.63, 3.8) is 0 Å². The van der Waals surface area contributed by atoms with Crippen LogP contribution in [0.2, 0.25) is 0 Å². The molecular weight excluding hydrogens is 791 g/mol. The van der Waals surface area contributed by atoms with Gasteiger partial charge in [0.15, 0.2) is 0 Å². The highest BCUT2D eigenvalue weighted by atomic mass is 16.5. The standard InChI is InChI=1S/C58H103NO5/c1-4-7-10-13-16-19-22-24-26-28-29-31-33-36-39-42-45-48-51-58(63)64-54(49-46-43-40-37-35-32-30-27-25-23-20-17-14-11-8-5-2)52-57(62)59-55(53-60)56(61)50-47-44-41-38-34-21-18-15-12-9-6-3/h16,19,22,24,26-32,35,54-56,60-61H,4-15,17-18,20-21,23,25,33-34,36-53H2,1-3H3,(H,59,62)/b19-16+,24-22+,28-26+,30-27+,31-29+,35-32+. The number of aliphatic hydroxyl groups excluding tert-OH is 2. The maximum absolute atomic E-state index is 13.2. The molecule has 0 rings (SSSR count). The van der Waals surface area contributed by atoms with Crippen molar-refractivity contribution in [2.45, 2.75) is 277 Å². The number of ether oxygens (including phenoxy) is 1. The minimum atomic E-state index is -0.801. The fourth-order valence-electron chi connectivity index (χ4n) is 7.96. The molecule has 6 heteroatoms. The van der Waals surface area contributed by atoms with E-state index >= 15 is 0 Å². The summed E-state index contributed by atoms with van der Waals surface area (Å²) in [7, 11) is 0. The van der Waals surface area contributed by atoms with Crippen LogP contribution < -0.4 is 5.32 Å². The molecule has 0 fully saturated rings. The van der Waals surface area contributed by atoms with Crippen molar-refractivity contribution < 1.29 is 24.5 Å². The first-order chi connectivity index (χ1) is 31.5. The number of rotatable bonds is 48. The van der Waals surface area contributed by atoms with E-state index in [0.717, 1.165) is 96.3 Å². The van der Waals surface area contributed by atoms with Crippen molar-refractivity contribution in [2.75, 3.05) is 6.61 Å². The largest absolute Gasteiger partial charge is 0.462 e. The van der Waals surface area contributed by atoms with E-state index in [4.69, 9.17) is 4.74 Å². The molecule has 0 aromatic rings. The summed E-state index contributed by atoms with van der Waals surface area (Å²) in [6.07, 6.45) is 65.3. The number of carbonyl (C=O) groups excluding carboxylic acids is 2. The van der Waals surface area contributed by atoms with Crippen LogP contribution in [0.3, 0.4) is 0 Å². The molecular formula is C58H103NO5. The fraction of sp³-hybridized carbons (Fsp3) is 0.759. The molecule has 0 aromatic carbocycles. The van der Waals surface area contributed by atoms with Gasteiger partial charge in [-0.05, 0) is 77.0 Å². The molecule has 6 nitrogen and oxygen atoms in total. The summed E-state index contributed by atoms with van der Waals surface area (Å²) in [4.78, 5) is 26.2. The zero-order chi connectivity index (χ0) is 46.7. The first kappa shape index (κ1) is 61.3. The third-order valence-corrected chi connectivity index (χ3v) is 12.1. The van der Waals surface area contributed by atoms with Crippen LogP contribution in [0.15, 0.2) is 72.9 Å². The molecule has 3 unspecified atom stereocenters. The highest BCUT2D eigenvalue weighted by Gasteiger charge is 2.24. The van der Waals surface area contributed by atoms with E-state index in [9.17, 15) is 19.8 Å². The molecule has 0 aliphatic heterocycles. The van der Waals surface area contributed by atoms with Gasteiger partial charge in [-0.3, -0.25) is 9.59 Å². The number of hydrogen-bond acceptors (Lipinski definition) is 5. The molecule has 3 N–H and O–H groups in total. The maximum atomic E-state index is 13.2. The summed E-state index contributed by atoms with van der Waals surface area (Å²) in [5.41, 5.74) is 0. The SMILES string of the molecule is CCCCC/C=C/C=C/C=C/C=C/CCCCCCCC(=O)OC(CCCCC/C=C/C=C/CCCCCCCCC)CC(=O)NC(CO)C(O)CCCCCCCCCCCCC. The Morgan fingerprint density at radius 3 is 1.27 bits per heavy atom. The lowest BCUT2D eigenvalue weighted by molar-refractivity contribution is -0.151. The monoisotopic (exact) mass is 894 g/mol. The summed E-state index contributed by atoms with van der Waals surface area (Å²) in [5.74, 6) is -0.526. The Labute approximate surface area is 396 Å². The van der Waals surface area contributed by atoms with E-state index in [-0.39, 0.29) is 24.9 Å². The van der Waals surface area contributed by atoms with Gasteiger partial charge in [0.25, 0.3) is 0 Å². The van der Waals surface area contributed by atoms with Crippen LogP contribution in [0, 0.1) is 0 Å². The Morgan fingerprint density at radius 1 is 0.453 bits per heavy atom. The van der Waals surface area contributed by atoms with Gasteiger partial charge in [-0.2, -0.15) is 0 Å². The Hall–Kier alpha value is -2.70.